The van der Waals surface area contributed by atoms with Crippen LogP contribution in [0.3, 0.4) is 0 Å². The molecular formula is C18H21N5O5S2. The molecule has 0 radical (unpaired) electrons. The van der Waals surface area contributed by atoms with E-state index in [1.54, 1.807) is 31.4 Å². The zero-order chi connectivity index (χ0) is 21.5. The van der Waals surface area contributed by atoms with E-state index in [0.717, 1.165) is 0 Å². The first-order valence-corrected chi connectivity index (χ1v) is 11.6. The molecule has 0 bridgehead atoms. The summed E-state index contributed by atoms with van der Waals surface area (Å²) in [5, 5.41) is 11.6. The fourth-order valence-electron chi connectivity index (χ4n) is 3.57. The van der Waals surface area contributed by atoms with Crippen molar-refractivity contribution in [2.24, 2.45) is 0 Å². The van der Waals surface area contributed by atoms with Crippen molar-refractivity contribution < 1.29 is 17.6 Å². The summed E-state index contributed by atoms with van der Waals surface area (Å²) >= 11 is 1.19. The summed E-state index contributed by atoms with van der Waals surface area (Å²) in [7, 11) is -3.48. The number of piperazine rings is 1. The lowest BCUT2D eigenvalue weighted by Crippen LogP contribution is -2.50. The number of carbonyl (C=O) groups excluding carboxylic acids is 1. The Morgan fingerprint density at radius 2 is 2.00 bits per heavy atom. The number of amides is 1. The third kappa shape index (κ3) is 3.78. The van der Waals surface area contributed by atoms with Gasteiger partial charge in [0.05, 0.1) is 17.6 Å². The van der Waals surface area contributed by atoms with E-state index in [0.29, 0.717) is 47.2 Å². The Labute approximate surface area is 176 Å². The first-order valence-electron chi connectivity index (χ1n) is 9.31. The van der Waals surface area contributed by atoms with Crippen molar-refractivity contribution in [2.45, 2.75) is 18.1 Å². The SMILES string of the molecule is Cc1n[nH]c(=O)c2c(NC(=O)CN3CCN(S(=O)(=O)c4cccs4)CC3)oc(C)c12. The highest BCUT2D eigenvalue weighted by atomic mass is 32.2. The van der Waals surface area contributed by atoms with Gasteiger partial charge in [0.25, 0.3) is 15.6 Å². The second kappa shape index (κ2) is 7.95. The second-order valence-corrected chi connectivity index (χ2v) is 10.1. The number of nitrogens with zero attached hydrogens (tertiary/aromatic N) is 3. The number of hydrogen-bond acceptors (Lipinski definition) is 8. The summed E-state index contributed by atoms with van der Waals surface area (Å²) in [5.74, 6) is 0.260. The van der Waals surface area contributed by atoms with Gasteiger partial charge in [0, 0.05) is 26.2 Å². The molecule has 1 fully saturated rings. The van der Waals surface area contributed by atoms with E-state index in [2.05, 4.69) is 15.5 Å². The number of aromatic amines is 1. The molecule has 1 aliphatic rings. The molecule has 0 atom stereocenters. The van der Waals surface area contributed by atoms with Crippen molar-refractivity contribution in [2.75, 3.05) is 38.0 Å². The Kier molecular flexibility index (Phi) is 5.49. The normalized spacial score (nSPS) is 16.2. The Bertz CT molecular complexity index is 1240. The van der Waals surface area contributed by atoms with Crippen LogP contribution in [-0.4, -0.2) is 66.5 Å². The van der Waals surface area contributed by atoms with Crippen LogP contribution in [-0.2, 0) is 14.8 Å². The van der Waals surface area contributed by atoms with Gasteiger partial charge in [-0.05, 0) is 25.3 Å². The van der Waals surface area contributed by atoms with Gasteiger partial charge in [-0.1, -0.05) is 6.07 Å². The maximum atomic E-state index is 12.6. The van der Waals surface area contributed by atoms with E-state index in [1.165, 1.54) is 15.6 Å². The maximum Gasteiger partial charge on any atom is 0.277 e. The molecule has 0 saturated carbocycles. The molecular weight excluding hydrogens is 430 g/mol. The number of rotatable bonds is 5. The van der Waals surface area contributed by atoms with Crippen LogP contribution in [0.4, 0.5) is 5.88 Å². The fourth-order valence-corrected chi connectivity index (χ4v) is 6.13. The van der Waals surface area contributed by atoms with E-state index in [-0.39, 0.29) is 23.7 Å². The standard InChI is InChI=1S/C18H21N5O5S2/c1-11-15-12(2)28-18(16(15)17(25)21-20-11)19-13(24)10-22-5-7-23(8-6-22)30(26,27)14-4-3-9-29-14/h3-4,9H,5-8,10H2,1-2H3,(H,19,24)(H,21,25). The second-order valence-electron chi connectivity index (χ2n) is 7.04. The van der Waals surface area contributed by atoms with Crippen molar-refractivity contribution in [1.29, 1.82) is 0 Å². The smallest absolute Gasteiger partial charge is 0.277 e. The van der Waals surface area contributed by atoms with Gasteiger partial charge >= 0.3 is 0 Å². The van der Waals surface area contributed by atoms with E-state index < -0.39 is 15.6 Å². The number of thiophene rings is 1. The molecule has 4 heterocycles. The Balaban J connectivity index is 1.40. The first kappa shape index (κ1) is 20.7. The number of furan rings is 1. The minimum Gasteiger partial charge on any atom is -0.444 e. The summed E-state index contributed by atoms with van der Waals surface area (Å²) in [6.07, 6.45) is 0. The van der Waals surface area contributed by atoms with Crippen LogP contribution in [0.15, 0.2) is 30.9 Å². The third-order valence-electron chi connectivity index (χ3n) is 5.04. The van der Waals surface area contributed by atoms with Crippen molar-refractivity contribution >= 4 is 43.9 Å². The first-order chi connectivity index (χ1) is 14.3. The molecule has 3 aromatic rings. The number of sulfonamides is 1. The summed E-state index contributed by atoms with van der Waals surface area (Å²) in [4.78, 5) is 26.6. The summed E-state index contributed by atoms with van der Waals surface area (Å²) in [6.45, 7) is 4.99. The molecule has 0 aliphatic carbocycles. The lowest BCUT2D eigenvalue weighted by atomic mass is 10.2. The maximum absolute atomic E-state index is 12.6. The molecule has 30 heavy (non-hydrogen) atoms. The molecule has 1 amide bonds. The molecule has 12 heteroatoms. The number of fused-ring (bicyclic) bond motifs is 1. The topological polar surface area (TPSA) is 129 Å². The summed E-state index contributed by atoms with van der Waals surface area (Å²) < 4.78 is 32.5. The zero-order valence-electron chi connectivity index (χ0n) is 16.5. The molecule has 4 rings (SSSR count). The number of nitrogens with one attached hydrogen (secondary N) is 2. The van der Waals surface area contributed by atoms with Crippen LogP contribution < -0.4 is 10.9 Å². The highest BCUT2D eigenvalue weighted by Gasteiger charge is 2.30. The van der Waals surface area contributed by atoms with Gasteiger partial charge in [-0.3, -0.25) is 19.8 Å². The number of H-pyrrole nitrogens is 1. The van der Waals surface area contributed by atoms with Gasteiger partial charge < -0.3 is 4.42 Å². The van der Waals surface area contributed by atoms with E-state index >= 15 is 0 Å². The van der Waals surface area contributed by atoms with Gasteiger partial charge in [-0.25, -0.2) is 13.5 Å². The van der Waals surface area contributed by atoms with Gasteiger partial charge in [0.2, 0.25) is 11.8 Å². The Morgan fingerprint density at radius 1 is 1.27 bits per heavy atom. The number of aromatic nitrogens is 2. The van der Waals surface area contributed by atoms with Crippen LogP contribution in [0.2, 0.25) is 0 Å². The van der Waals surface area contributed by atoms with Crippen molar-refractivity contribution in [3.63, 3.8) is 0 Å². The van der Waals surface area contributed by atoms with E-state index in [1.807, 2.05) is 4.90 Å². The molecule has 2 N–H and O–H groups in total. The fraction of sp³-hybridized carbons (Fsp3) is 0.389. The van der Waals surface area contributed by atoms with Crippen LogP contribution in [0.1, 0.15) is 11.5 Å². The number of hydrogen-bond donors (Lipinski definition) is 2. The summed E-state index contributed by atoms with van der Waals surface area (Å²) in [5.41, 5.74) is 0.171. The predicted molar refractivity (Wildman–Crippen MR) is 112 cm³/mol. The van der Waals surface area contributed by atoms with Gasteiger partial charge in [0.15, 0.2) is 0 Å². The third-order valence-corrected chi connectivity index (χ3v) is 8.31. The quantitative estimate of drug-likeness (QED) is 0.595. The number of carbonyl (C=O) groups is 1. The molecule has 1 aliphatic heterocycles. The predicted octanol–water partition coefficient (Wildman–Crippen LogP) is 1.14. The van der Waals surface area contributed by atoms with Crippen LogP contribution >= 0.6 is 11.3 Å². The minimum atomic E-state index is -3.48. The largest absolute Gasteiger partial charge is 0.444 e. The molecule has 160 valence electrons. The average Bonchev–Trinajstić information content (AvgIpc) is 3.35. The van der Waals surface area contributed by atoms with E-state index in [4.69, 9.17) is 4.42 Å². The van der Waals surface area contributed by atoms with Crippen LogP contribution in [0.25, 0.3) is 10.8 Å². The molecule has 3 aromatic heterocycles. The lowest BCUT2D eigenvalue weighted by Gasteiger charge is -2.33. The van der Waals surface area contributed by atoms with Gasteiger partial charge in [0.1, 0.15) is 15.4 Å². The average molecular weight is 452 g/mol. The molecule has 0 spiro atoms. The highest BCUT2D eigenvalue weighted by Crippen LogP contribution is 2.28. The zero-order valence-corrected chi connectivity index (χ0v) is 18.1. The van der Waals surface area contributed by atoms with Gasteiger partial charge in [-0.2, -0.15) is 9.40 Å². The molecule has 1 saturated heterocycles. The van der Waals surface area contributed by atoms with Crippen molar-refractivity contribution in [3.05, 3.63) is 39.3 Å². The van der Waals surface area contributed by atoms with Crippen molar-refractivity contribution in [3.8, 4) is 0 Å². The molecule has 0 unspecified atom stereocenters. The minimum absolute atomic E-state index is 0.0656. The number of aryl methyl sites for hydroxylation is 2. The van der Waals surface area contributed by atoms with Crippen molar-refractivity contribution in [1.82, 2.24) is 19.4 Å². The lowest BCUT2D eigenvalue weighted by molar-refractivity contribution is -0.117. The Hall–Kier alpha value is -2.54. The summed E-state index contributed by atoms with van der Waals surface area (Å²) in [6, 6.07) is 3.30. The van der Waals surface area contributed by atoms with Crippen LogP contribution in [0.5, 0.6) is 0 Å². The Morgan fingerprint density at radius 3 is 2.67 bits per heavy atom. The number of anilines is 1. The highest BCUT2D eigenvalue weighted by molar-refractivity contribution is 7.91. The monoisotopic (exact) mass is 451 g/mol. The molecule has 10 nitrogen and oxygen atoms in total. The van der Waals surface area contributed by atoms with Gasteiger partial charge in [-0.15, -0.1) is 11.3 Å². The molecule has 0 aromatic carbocycles. The van der Waals surface area contributed by atoms with E-state index in [9.17, 15) is 18.0 Å². The van der Waals surface area contributed by atoms with Crippen LogP contribution in [0, 0.1) is 13.8 Å².